The Morgan fingerprint density at radius 1 is 1.89 bits per heavy atom. The molecule has 52 valence electrons. The fraction of sp³-hybridized carbons (Fsp3) is 0.571. The Kier molecular flexibility index (Phi) is 2.43. The summed E-state index contributed by atoms with van der Waals surface area (Å²) in [6.45, 7) is 7.21. The summed E-state index contributed by atoms with van der Waals surface area (Å²) in [6.07, 6.45) is 2.31. The lowest BCUT2D eigenvalue weighted by Gasteiger charge is -2.17. The third-order valence-corrected chi connectivity index (χ3v) is 1.75. The number of primary amides is 1. The maximum Gasteiger partial charge on any atom is 0.227 e. The number of carbonyl (C=O) groups is 1. The van der Waals surface area contributed by atoms with Gasteiger partial charge in [-0.15, -0.1) is 6.58 Å². The van der Waals surface area contributed by atoms with Crippen LogP contribution in [0.2, 0.25) is 0 Å². The molecule has 0 saturated carbocycles. The predicted molar refractivity (Wildman–Crippen MR) is 37.8 cm³/mol. The fourth-order valence-corrected chi connectivity index (χ4v) is 0.419. The van der Waals surface area contributed by atoms with Crippen LogP contribution in [0.25, 0.3) is 0 Å². The van der Waals surface area contributed by atoms with Gasteiger partial charge >= 0.3 is 0 Å². The maximum absolute atomic E-state index is 10.6. The molecular weight excluding hydrogens is 114 g/mol. The van der Waals surface area contributed by atoms with Crippen molar-refractivity contribution < 1.29 is 4.79 Å². The zero-order valence-electron chi connectivity index (χ0n) is 5.98. The van der Waals surface area contributed by atoms with Gasteiger partial charge in [0.15, 0.2) is 0 Å². The molecule has 0 fully saturated rings. The first-order valence-electron chi connectivity index (χ1n) is 3.00. The van der Waals surface area contributed by atoms with Gasteiger partial charge < -0.3 is 5.73 Å². The van der Waals surface area contributed by atoms with Crippen LogP contribution in [0.1, 0.15) is 20.3 Å². The molecule has 0 aliphatic rings. The molecule has 0 aliphatic carbocycles. The van der Waals surface area contributed by atoms with Crippen molar-refractivity contribution in [2.75, 3.05) is 0 Å². The molecule has 0 spiro atoms. The van der Waals surface area contributed by atoms with Gasteiger partial charge in [0, 0.05) is 0 Å². The zero-order valence-corrected chi connectivity index (χ0v) is 5.98. The van der Waals surface area contributed by atoms with E-state index in [4.69, 9.17) is 5.73 Å². The van der Waals surface area contributed by atoms with E-state index >= 15 is 0 Å². The van der Waals surface area contributed by atoms with Crippen molar-refractivity contribution in [3.8, 4) is 0 Å². The molecule has 2 heteroatoms. The monoisotopic (exact) mass is 127 g/mol. The number of amides is 1. The van der Waals surface area contributed by atoms with Crippen molar-refractivity contribution in [2.45, 2.75) is 20.3 Å². The van der Waals surface area contributed by atoms with E-state index < -0.39 is 5.41 Å². The van der Waals surface area contributed by atoms with Gasteiger partial charge in [0.1, 0.15) is 0 Å². The van der Waals surface area contributed by atoms with Gasteiger partial charge in [-0.25, -0.2) is 0 Å². The van der Waals surface area contributed by atoms with Crippen LogP contribution in [0.4, 0.5) is 0 Å². The van der Waals surface area contributed by atoms with E-state index in [1.807, 2.05) is 6.92 Å². The SMILES string of the molecule is C=CC(C)(CC)C(N)=O. The number of rotatable bonds is 3. The van der Waals surface area contributed by atoms with E-state index in [9.17, 15) is 4.79 Å². The number of hydrogen-bond donors (Lipinski definition) is 1. The van der Waals surface area contributed by atoms with Crippen molar-refractivity contribution in [1.82, 2.24) is 0 Å². The van der Waals surface area contributed by atoms with Crippen molar-refractivity contribution in [3.05, 3.63) is 12.7 Å². The molecule has 1 atom stereocenters. The average Bonchev–Trinajstić information content (AvgIpc) is 1.86. The summed E-state index contributed by atoms with van der Waals surface area (Å²) in [5.74, 6) is -0.306. The van der Waals surface area contributed by atoms with Gasteiger partial charge in [0.25, 0.3) is 0 Å². The van der Waals surface area contributed by atoms with E-state index in [1.165, 1.54) is 0 Å². The van der Waals surface area contributed by atoms with E-state index in [0.717, 1.165) is 0 Å². The second-order valence-electron chi connectivity index (χ2n) is 2.34. The molecule has 2 N–H and O–H groups in total. The van der Waals surface area contributed by atoms with Crippen LogP contribution in [0.5, 0.6) is 0 Å². The topological polar surface area (TPSA) is 43.1 Å². The molecule has 1 unspecified atom stereocenters. The summed E-state index contributed by atoms with van der Waals surface area (Å²) < 4.78 is 0. The van der Waals surface area contributed by atoms with Crippen molar-refractivity contribution >= 4 is 5.91 Å². The quantitative estimate of drug-likeness (QED) is 0.566. The highest BCUT2D eigenvalue weighted by molar-refractivity contribution is 5.82. The Labute approximate surface area is 55.7 Å². The summed E-state index contributed by atoms with van der Waals surface area (Å²) in [5, 5.41) is 0. The molecule has 0 aliphatic heterocycles. The highest BCUT2D eigenvalue weighted by Crippen LogP contribution is 2.20. The van der Waals surface area contributed by atoms with Crippen LogP contribution < -0.4 is 5.73 Å². The van der Waals surface area contributed by atoms with Crippen molar-refractivity contribution in [1.29, 1.82) is 0 Å². The molecule has 0 aromatic heterocycles. The minimum atomic E-state index is -0.514. The average molecular weight is 127 g/mol. The molecule has 9 heavy (non-hydrogen) atoms. The summed E-state index contributed by atoms with van der Waals surface area (Å²) in [6, 6.07) is 0. The van der Waals surface area contributed by atoms with Crippen LogP contribution >= 0.6 is 0 Å². The standard InChI is InChI=1S/C7H13NO/c1-4-7(3,5-2)6(8)9/h4H,1,5H2,2-3H3,(H2,8,9). The van der Waals surface area contributed by atoms with Gasteiger partial charge in [-0.1, -0.05) is 13.0 Å². The molecular formula is C7H13NO. The molecule has 0 radical (unpaired) electrons. The van der Waals surface area contributed by atoms with Crippen LogP contribution in [-0.4, -0.2) is 5.91 Å². The predicted octanol–water partition coefficient (Wildman–Crippen LogP) is 1.07. The Hall–Kier alpha value is -0.790. The number of hydrogen-bond acceptors (Lipinski definition) is 1. The number of carbonyl (C=O) groups excluding carboxylic acids is 1. The lowest BCUT2D eigenvalue weighted by Crippen LogP contribution is -2.31. The number of nitrogens with two attached hydrogens (primary N) is 1. The van der Waals surface area contributed by atoms with Crippen LogP contribution in [0.15, 0.2) is 12.7 Å². The third-order valence-electron chi connectivity index (χ3n) is 1.75. The first-order chi connectivity index (χ1) is 4.06. The van der Waals surface area contributed by atoms with Crippen molar-refractivity contribution in [3.63, 3.8) is 0 Å². The second-order valence-corrected chi connectivity index (χ2v) is 2.34. The smallest absolute Gasteiger partial charge is 0.227 e. The summed E-state index contributed by atoms with van der Waals surface area (Å²) in [4.78, 5) is 10.6. The molecule has 0 heterocycles. The van der Waals surface area contributed by atoms with Gasteiger partial charge in [0.05, 0.1) is 5.41 Å². The van der Waals surface area contributed by atoms with E-state index in [2.05, 4.69) is 6.58 Å². The molecule has 0 aromatic carbocycles. The highest BCUT2D eigenvalue weighted by atomic mass is 16.1. The lowest BCUT2D eigenvalue weighted by atomic mass is 9.87. The van der Waals surface area contributed by atoms with E-state index in [1.54, 1.807) is 13.0 Å². The molecule has 1 amide bonds. The van der Waals surface area contributed by atoms with Crippen LogP contribution in [0.3, 0.4) is 0 Å². The Morgan fingerprint density at radius 3 is 2.33 bits per heavy atom. The molecule has 0 saturated heterocycles. The van der Waals surface area contributed by atoms with Gasteiger partial charge in [-0.05, 0) is 13.3 Å². The first-order valence-corrected chi connectivity index (χ1v) is 3.00. The van der Waals surface area contributed by atoms with Crippen LogP contribution in [0, 0.1) is 5.41 Å². The molecule has 0 bridgehead atoms. The lowest BCUT2D eigenvalue weighted by molar-refractivity contribution is -0.124. The highest BCUT2D eigenvalue weighted by Gasteiger charge is 2.23. The normalized spacial score (nSPS) is 16.2. The van der Waals surface area contributed by atoms with Crippen molar-refractivity contribution in [2.24, 2.45) is 11.1 Å². The molecule has 0 aromatic rings. The van der Waals surface area contributed by atoms with E-state index in [0.29, 0.717) is 6.42 Å². The van der Waals surface area contributed by atoms with Gasteiger partial charge in [-0.3, -0.25) is 4.79 Å². The summed E-state index contributed by atoms with van der Waals surface area (Å²) in [7, 11) is 0. The van der Waals surface area contributed by atoms with Gasteiger partial charge in [0.2, 0.25) is 5.91 Å². The van der Waals surface area contributed by atoms with Gasteiger partial charge in [-0.2, -0.15) is 0 Å². The largest absolute Gasteiger partial charge is 0.369 e. The Bertz CT molecular complexity index is 131. The summed E-state index contributed by atoms with van der Waals surface area (Å²) in [5.41, 5.74) is 4.57. The Morgan fingerprint density at radius 2 is 2.33 bits per heavy atom. The molecule has 0 rings (SSSR count). The second kappa shape index (κ2) is 2.67. The van der Waals surface area contributed by atoms with E-state index in [-0.39, 0.29) is 5.91 Å². The minimum absolute atomic E-state index is 0.306. The minimum Gasteiger partial charge on any atom is -0.369 e. The summed E-state index contributed by atoms with van der Waals surface area (Å²) >= 11 is 0. The first kappa shape index (κ1) is 8.21. The molecule has 2 nitrogen and oxygen atoms in total. The maximum atomic E-state index is 10.6. The fourth-order valence-electron chi connectivity index (χ4n) is 0.419. The zero-order chi connectivity index (χ0) is 7.49. The van der Waals surface area contributed by atoms with Crippen LogP contribution in [-0.2, 0) is 4.79 Å². The Balaban J connectivity index is 4.27. The third kappa shape index (κ3) is 1.56.